The third-order valence-electron chi connectivity index (χ3n) is 4.03. The van der Waals surface area contributed by atoms with Crippen molar-refractivity contribution in [3.05, 3.63) is 83.0 Å². The maximum absolute atomic E-state index is 12.6. The first-order valence-electron chi connectivity index (χ1n) is 7.84. The number of hydrogen-bond donors (Lipinski definition) is 0. The van der Waals surface area contributed by atoms with Crippen LogP contribution in [0.2, 0.25) is 0 Å². The van der Waals surface area contributed by atoms with Gasteiger partial charge in [-0.2, -0.15) is 0 Å². The summed E-state index contributed by atoms with van der Waals surface area (Å²) in [6, 6.07) is 17.6. The quantitative estimate of drug-likeness (QED) is 0.657. The van der Waals surface area contributed by atoms with Crippen LogP contribution in [0.15, 0.2) is 71.9 Å². The van der Waals surface area contributed by atoms with E-state index in [0.717, 1.165) is 33.7 Å². The molecule has 5 heteroatoms. The fraction of sp³-hybridized carbons (Fsp3) is 0.0500. The van der Waals surface area contributed by atoms with Crippen LogP contribution in [0.4, 0.5) is 4.79 Å². The molecule has 2 amide bonds. The lowest BCUT2D eigenvalue weighted by molar-refractivity contribution is -0.123. The third kappa shape index (κ3) is 3.19. The van der Waals surface area contributed by atoms with Crippen LogP contribution in [-0.4, -0.2) is 21.0 Å². The third-order valence-corrected chi connectivity index (χ3v) is 4.94. The fourth-order valence-corrected chi connectivity index (χ4v) is 3.61. The van der Waals surface area contributed by atoms with E-state index < -0.39 is 0 Å². The molecule has 4 rings (SSSR count). The summed E-state index contributed by atoms with van der Waals surface area (Å²) >= 11 is 0.978. The van der Waals surface area contributed by atoms with Crippen LogP contribution in [-0.2, 0) is 11.3 Å². The van der Waals surface area contributed by atoms with Gasteiger partial charge >= 0.3 is 0 Å². The molecule has 0 N–H and O–H groups in total. The summed E-state index contributed by atoms with van der Waals surface area (Å²) in [7, 11) is 0. The molecule has 4 nitrogen and oxygen atoms in total. The number of nitrogens with zero attached hydrogens (tertiary/aromatic N) is 2. The van der Waals surface area contributed by atoms with Gasteiger partial charge in [-0.05, 0) is 57.9 Å². The summed E-state index contributed by atoms with van der Waals surface area (Å²) in [6.45, 7) is 0.281. The van der Waals surface area contributed by atoms with Crippen LogP contribution in [0.5, 0.6) is 0 Å². The molecule has 122 valence electrons. The first-order valence-corrected chi connectivity index (χ1v) is 8.65. The van der Waals surface area contributed by atoms with Gasteiger partial charge in [0, 0.05) is 12.4 Å². The molecule has 3 aromatic rings. The number of hydrogen-bond acceptors (Lipinski definition) is 4. The topological polar surface area (TPSA) is 50.3 Å². The van der Waals surface area contributed by atoms with Gasteiger partial charge in [0.25, 0.3) is 11.1 Å². The predicted molar refractivity (Wildman–Crippen MR) is 99.7 cm³/mol. The van der Waals surface area contributed by atoms with E-state index in [1.807, 2.05) is 42.5 Å². The van der Waals surface area contributed by atoms with Crippen molar-refractivity contribution in [3.8, 4) is 0 Å². The average Bonchev–Trinajstić information content (AvgIpc) is 2.90. The molecule has 0 spiro atoms. The van der Waals surface area contributed by atoms with Crippen LogP contribution < -0.4 is 0 Å². The van der Waals surface area contributed by atoms with E-state index in [1.54, 1.807) is 30.6 Å². The summed E-state index contributed by atoms with van der Waals surface area (Å²) in [5, 5.41) is 2.00. The highest BCUT2D eigenvalue weighted by atomic mass is 32.2. The molecule has 0 radical (unpaired) electrons. The highest BCUT2D eigenvalue weighted by Crippen LogP contribution is 2.33. The molecule has 1 saturated heterocycles. The molecule has 1 fully saturated rings. The number of rotatable bonds is 3. The minimum atomic E-state index is -0.250. The van der Waals surface area contributed by atoms with Gasteiger partial charge in [0.1, 0.15) is 0 Å². The highest BCUT2D eigenvalue weighted by molar-refractivity contribution is 8.18. The maximum Gasteiger partial charge on any atom is 0.293 e. The van der Waals surface area contributed by atoms with Gasteiger partial charge in [-0.15, -0.1) is 0 Å². The number of fused-ring (bicyclic) bond motifs is 1. The van der Waals surface area contributed by atoms with E-state index in [2.05, 4.69) is 4.98 Å². The minimum absolute atomic E-state index is 0.238. The Balaban J connectivity index is 1.59. The van der Waals surface area contributed by atoms with Gasteiger partial charge in [0.05, 0.1) is 11.4 Å². The fourth-order valence-electron chi connectivity index (χ4n) is 2.77. The van der Waals surface area contributed by atoms with E-state index >= 15 is 0 Å². The lowest BCUT2D eigenvalue weighted by atomic mass is 10.1. The molecule has 0 bridgehead atoms. The van der Waals surface area contributed by atoms with E-state index in [4.69, 9.17) is 0 Å². The zero-order valence-corrected chi connectivity index (χ0v) is 14.1. The predicted octanol–water partition coefficient (Wildman–Crippen LogP) is 4.47. The van der Waals surface area contributed by atoms with Crippen molar-refractivity contribution in [1.29, 1.82) is 0 Å². The summed E-state index contributed by atoms with van der Waals surface area (Å²) in [5.41, 5.74) is 1.79. The van der Waals surface area contributed by atoms with Crippen LogP contribution in [0, 0.1) is 0 Å². The van der Waals surface area contributed by atoms with Crippen molar-refractivity contribution in [2.45, 2.75) is 6.54 Å². The molecule has 0 unspecified atom stereocenters. The second-order valence-corrected chi connectivity index (χ2v) is 6.72. The molecule has 2 heterocycles. The monoisotopic (exact) mass is 346 g/mol. The van der Waals surface area contributed by atoms with Gasteiger partial charge in [-0.3, -0.25) is 19.5 Å². The number of amides is 2. The molecule has 0 aliphatic carbocycles. The number of pyridine rings is 1. The van der Waals surface area contributed by atoms with E-state index in [0.29, 0.717) is 4.91 Å². The Labute approximate surface area is 149 Å². The molecule has 0 saturated carbocycles. The minimum Gasteiger partial charge on any atom is -0.268 e. The van der Waals surface area contributed by atoms with Crippen LogP contribution >= 0.6 is 11.8 Å². The van der Waals surface area contributed by atoms with E-state index in [1.165, 1.54) is 4.90 Å². The summed E-state index contributed by atoms with van der Waals surface area (Å²) < 4.78 is 0. The number of imide groups is 1. The Morgan fingerprint density at radius 2 is 1.72 bits per heavy atom. The van der Waals surface area contributed by atoms with Crippen LogP contribution in [0.3, 0.4) is 0 Å². The van der Waals surface area contributed by atoms with Crippen molar-refractivity contribution in [2.24, 2.45) is 0 Å². The van der Waals surface area contributed by atoms with E-state index in [-0.39, 0.29) is 17.7 Å². The number of aromatic nitrogens is 1. The van der Waals surface area contributed by atoms with Crippen molar-refractivity contribution in [1.82, 2.24) is 9.88 Å². The molecule has 1 aliphatic rings. The summed E-state index contributed by atoms with van der Waals surface area (Å²) in [5.74, 6) is -0.250. The maximum atomic E-state index is 12.6. The Hall–Kier alpha value is -2.92. The first kappa shape index (κ1) is 15.6. The number of thioether (sulfide) groups is 1. The number of carbonyl (C=O) groups is 2. The molecular weight excluding hydrogens is 332 g/mol. The lowest BCUT2D eigenvalue weighted by Crippen LogP contribution is -2.27. The van der Waals surface area contributed by atoms with Gasteiger partial charge in [-0.1, -0.05) is 36.4 Å². The largest absolute Gasteiger partial charge is 0.293 e. The number of carbonyl (C=O) groups excluding carboxylic acids is 2. The second-order valence-electron chi connectivity index (χ2n) is 5.73. The Morgan fingerprint density at radius 1 is 0.960 bits per heavy atom. The van der Waals surface area contributed by atoms with Gasteiger partial charge in [-0.25, -0.2) is 0 Å². The van der Waals surface area contributed by atoms with Gasteiger partial charge in [0.2, 0.25) is 0 Å². The normalized spacial score (nSPS) is 16.2. The van der Waals surface area contributed by atoms with Crippen LogP contribution in [0.1, 0.15) is 11.1 Å². The molecule has 1 aromatic heterocycles. The first-order chi connectivity index (χ1) is 12.2. The second kappa shape index (κ2) is 6.53. The molecule has 0 atom stereocenters. The van der Waals surface area contributed by atoms with Gasteiger partial charge in [0.15, 0.2) is 0 Å². The molecule has 25 heavy (non-hydrogen) atoms. The van der Waals surface area contributed by atoms with Crippen molar-refractivity contribution in [3.63, 3.8) is 0 Å². The highest BCUT2D eigenvalue weighted by Gasteiger charge is 2.34. The number of benzene rings is 2. The van der Waals surface area contributed by atoms with Crippen molar-refractivity contribution in [2.75, 3.05) is 0 Å². The van der Waals surface area contributed by atoms with Crippen molar-refractivity contribution < 1.29 is 9.59 Å². The van der Waals surface area contributed by atoms with Crippen molar-refractivity contribution >= 4 is 39.8 Å². The SMILES string of the molecule is O=C1S/C(=C\c2ccncc2)C(=O)N1Cc1ccc2ccccc2c1. The van der Waals surface area contributed by atoms with E-state index in [9.17, 15) is 9.59 Å². The summed E-state index contributed by atoms with van der Waals surface area (Å²) in [4.78, 5) is 30.5. The average molecular weight is 346 g/mol. The van der Waals surface area contributed by atoms with Gasteiger partial charge < -0.3 is 0 Å². The Morgan fingerprint density at radius 3 is 2.52 bits per heavy atom. The summed E-state index contributed by atoms with van der Waals surface area (Å²) in [6.07, 6.45) is 5.04. The smallest absolute Gasteiger partial charge is 0.268 e. The molecule has 2 aromatic carbocycles. The lowest BCUT2D eigenvalue weighted by Gasteiger charge is -2.13. The zero-order chi connectivity index (χ0) is 17.2. The Bertz CT molecular complexity index is 999. The standard InChI is InChI=1S/C20H14N2O2S/c23-19-18(12-14-7-9-21-10-8-14)25-20(24)22(19)13-15-5-6-16-3-1-2-4-17(16)11-15/h1-12H,13H2/b18-12-. The molecule has 1 aliphatic heterocycles. The molecular formula is C20H14N2O2S. The zero-order valence-electron chi connectivity index (χ0n) is 13.3. The van der Waals surface area contributed by atoms with Crippen LogP contribution in [0.25, 0.3) is 16.8 Å². The Kier molecular flexibility index (Phi) is 4.07.